The smallest absolute Gasteiger partial charge is 0.146 e. The van der Waals surface area contributed by atoms with Crippen LogP contribution in [0.5, 0.6) is 0 Å². The molecule has 128 valence electrons. The van der Waals surface area contributed by atoms with Crippen molar-refractivity contribution in [1.82, 2.24) is 9.38 Å². The van der Waals surface area contributed by atoms with E-state index in [2.05, 4.69) is 91.0 Å². The molecule has 2 nitrogen and oxygen atoms in total. The highest BCUT2D eigenvalue weighted by Crippen LogP contribution is 2.34. The van der Waals surface area contributed by atoms with Gasteiger partial charge in [-0.1, -0.05) is 48.5 Å². The Morgan fingerprint density at radius 3 is 2.11 bits per heavy atom. The van der Waals surface area contributed by atoms with Gasteiger partial charge in [0.05, 0.1) is 16.6 Å². The second-order valence-corrected chi connectivity index (χ2v) is 7.46. The fraction of sp³-hybridized carbons (Fsp3) is 0.0800. The second kappa shape index (κ2) is 5.08. The van der Waals surface area contributed by atoms with E-state index >= 15 is 0 Å². The van der Waals surface area contributed by atoms with Crippen LogP contribution in [0.4, 0.5) is 0 Å². The van der Waals surface area contributed by atoms with Crippen LogP contribution >= 0.6 is 0 Å². The van der Waals surface area contributed by atoms with Gasteiger partial charge in [0.2, 0.25) is 0 Å². The van der Waals surface area contributed by atoms with Crippen molar-refractivity contribution >= 4 is 49.1 Å². The molecule has 0 fully saturated rings. The van der Waals surface area contributed by atoms with Gasteiger partial charge in [-0.25, -0.2) is 4.98 Å². The zero-order valence-corrected chi connectivity index (χ0v) is 15.3. The maximum Gasteiger partial charge on any atom is 0.146 e. The van der Waals surface area contributed by atoms with Crippen molar-refractivity contribution in [2.24, 2.45) is 0 Å². The molecule has 0 saturated heterocycles. The summed E-state index contributed by atoms with van der Waals surface area (Å²) >= 11 is 0. The number of pyridine rings is 1. The molecule has 0 saturated carbocycles. The fourth-order valence-corrected chi connectivity index (χ4v) is 4.30. The van der Waals surface area contributed by atoms with Crippen molar-refractivity contribution in [3.8, 4) is 0 Å². The van der Waals surface area contributed by atoms with Crippen LogP contribution in [0.15, 0.2) is 72.8 Å². The van der Waals surface area contributed by atoms with E-state index < -0.39 is 0 Å². The van der Waals surface area contributed by atoms with Crippen LogP contribution in [-0.2, 0) is 0 Å². The van der Waals surface area contributed by atoms with Gasteiger partial charge in [0, 0.05) is 10.8 Å². The van der Waals surface area contributed by atoms with E-state index in [1.54, 1.807) is 0 Å². The first-order valence-corrected chi connectivity index (χ1v) is 9.33. The molecular weight excluding hydrogens is 328 g/mol. The molecule has 0 radical (unpaired) electrons. The molecule has 0 bridgehead atoms. The summed E-state index contributed by atoms with van der Waals surface area (Å²) in [6, 6.07) is 26.2. The van der Waals surface area contributed by atoms with Crippen LogP contribution in [-0.4, -0.2) is 9.38 Å². The molecule has 0 atom stereocenters. The molecule has 0 unspecified atom stereocenters. The maximum atomic E-state index is 5.06. The van der Waals surface area contributed by atoms with E-state index in [0.717, 1.165) is 11.2 Å². The van der Waals surface area contributed by atoms with Gasteiger partial charge in [-0.05, 0) is 65.4 Å². The SMILES string of the molecule is Cc1cc2c3ccccc3c3nc4cc5ccccc5cc4n3c2cc1C. The standard InChI is InChI=1S/C25H18N2/c1-15-11-21-19-9-5-6-10-20(19)25-26-22-13-17-7-3-4-8-18(17)14-24(22)27(25)23(21)12-16(15)2/h3-14H,1-2H3. The van der Waals surface area contributed by atoms with Gasteiger partial charge in [-0.15, -0.1) is 0 Å². The van der Waals surface area contributed by atoms with Crippen molar-refractivity contribution in [3.63, 3.8) is 0 Å². The number of hydrogen-bond donors (Lipinski definition) is 0. The summed E-state index contributed by atoms with van der Waals surface area (Å²) in [6.07, 6.45) is 0. The fourth-order valence-electron chi connectivity index (χ4n) is 4.30. The van der Waals surface area contributed by atoms with Gasteiger partial charge in [0.25, 0.3) is 0 Å². The summed E-state index contributed by atoms with van der Waals surface area (Å²) in [5.74, 6) is 0. The first-order valence-electron chi connectivity index (χ1n) is 9.33. The molecule has 0 N–H and O–H groups in total. The third-order valence-corrected chi connectivity index (χ3v) is 5.83. The van der Waals surface area contributed by atoms with E-state index in [1.165, 1.54) is 49.1 Å². The number of aromatic nitrogens is 2. The molecule has 0 aliphatic rings. The van der Waals surface area contributed by atoms with Gasteiger partial charge in [0.1, 0.15) is 5.65 Å². The van der Waals surface area contributed by atoms with Crippen molar-refractivity contribution < 1.29 is 0 Å². The average molecular weight is 346 g/mol. The molecule has 6 rings (SSSR count). The van der Waals surface area contributed by atoms with E-state index in [0.29, 0.717) is 0 Å². The van der Waals surface area contributed by atoms with Gasteiger partial charge in [-0.2, -0.15) is 0 Å². The van der Waals surface area contributed by atoms with Crippen LogP contribution < -0.4 is 0 Å². The first kappa shape index (κ1) is 14.7. The zero-order chi connectivity index (χ0) is 18.1. The van der Waals surface area contributed by atoms with Crippen LogP contribution in [0, 0.1) is 13.8 Å². The Morgan fingerprint density at radius 1 is 0.630 bits per heavy atom. The highest BCUT2D eigenvalue weighted by Gasteiger charge is 2.14. The summed E-state index contributed by atoms with van der Waals surface area (Å²) in [7, 11) is 0. The molecular formula is C25H18N2. The normalized spacial score (nSPS) is 12.1. The molecule has 2 heteroatoms. The summed E-state index contributed by atoms with van der Waals surface area (Å²) in [6.45, 7) is 4.37. The average Bonchev–Trinajstić information content (AvgIpc) is 3.06. The second-order valence-electron chi connectivity index (χ2n) is 7.46. The number of nitrogens with zero attached hydrogens (tertiary/aromatic N) is 2. The molecule has 2 heterocycles. The van der Waals surface area contributed by atoms with Crippen molar-refractivity contribution in [1.29, 1.82) is 0 Å². The molecule has 4 aromatic carbocycles. The largest absolute Gasteiger partial charge is 0.292 e. The molecule has 0 spiro atoms. The Labute approximate surface area is 156 Å². The Morgan fingerprint density at radius 2 is 1.30 bits per heavy atom. The summed E-state index contributed by atoms with van der Waals surface area (Å²) < 4.78 is 2.34. The van der Waals surface area contributed by atoms with E-state index in [-0.39, 0.29) is 0 Å². The van der Waals surface area contributed by atoms with Crippen molar-refractivity contribution in [2.45, 2.75) is 13.8 Å². The summed E-state index contributed by atoms with van der Waals surface area (Å²) in [5, 5.41) is 6.23. The van der Waals surface area contributed by atoms with Gasteiger partial charge in [0.15, 0.2) is 0 Å². The zero-order valence-electron chi connectivity index (χ0n) is 15.3. The van der Waals surface area contributed by atoms with Gasteiger partial charge in [-0.3, -0.25) is 4.40 Å². The lowest BCUT2D eigenvalue weighted by Gasteiger charge is -2.11. The quantitative estimate of drug-likeness (QED) is 0.285. The van der Waals surface area contributed by atoms with Crippen LogP contribution in [0.1, 0.15) is 11.1 Å². The Hall–Kier alpha value is -3.39. The lowest BCUT2D eigenvalue weighted by atomic mass is 10.0. The van der Waals surface area contributed by atoms with E-state index in [1.807, 2.05) is 0 Å². The maximum absolute atomic E-state index is 5.06. The third kappa shape index (κ3) is 1.93. The minimum Gasteiger partial charge on any atom is -0.292 e. The van der Waals surface area contributed by atoms with Crippen LogP contribution in [0.25, 0.3) is 49.1 Å². The Bertz CT molecular complexity index is 1540. The minimum absolute atomic E-state index is 1.03. The number of imidazole rings is 1. The Balaban J connectivity index is 1.97. The number of benzene rings is 4. The van der Waals surface area contributed by atoms with Crippen molar-refractivity contribution in [2.75, 3.05) is 0 Å². The molecule has 0 aliphatic carbocycles. The molecule has 0 aliphatic heterocycles. The number of aryl methyl sites for hydroxylation is 2. The minimum atomic E-state index is 1.03. The molecule has 0 amide bonds. The lowest BCUT2D eigenvalue weighted by molar-refractivity contribution is 1.29. The van der Waals surface area contributed by atoms with E-state index in [4.69, 9.17) is 4.98 Å². The topological polar surface area (TPSA) is 17.3 Å². The predicted octanol–water partition coefficient (Wildman–Crippen LogP) is 6.56. The highest BCUT2D eigenvalue weighted by molar-refractivity contribution is 6.14. The highest BCUT2D eigenvalue weighted by atomic mass is 15.0. The number of fused-ring (bicyclic) bond motifs is 9. The molecule has 6 aromatic rings. The molecule has 2 aromatic heterocycles. The number of rotatable bonds is 0. The first-order chi connectivity index (χ1) is 13.2. The summed E-state index contributed by atoms with van der Waals surface area (Å²) in [4.78, 5) is 5.06. The summed E-state index contributed by atoms with van der Waals surface area (Å²) in [5.41, 5.74) is 7.10. The third-order valence-electron chi connectivity index (χ3n) is 5.83. The van der Waals surface area contributed by atoms with Crippen molar-refractivity contribution in [3.05, 3.63) is 83.9 Å². The Kier molecular flexibility index (Phi) is 2.77. The monoisotopic (exact) mass is 346 g/mol. The molecule has 27 heavy (non-hydrogen) atoms. The lowest BCUT2D eigenvalue weighted by Crippen LogP contribution is -1.93. The van der Waals surface area contributed by atoms with E-state index in [9.17, 15) is 0 Å². The predicted molar refractivity (Wildman–Crippen MR) is 115 cm³/mol. The van der Waals surface area contributed by atoms with Crippen LogP contribution in [0.3, 0.4) is 0 Å². The van der Waals surface area contributed by atoms with Crippen LogP contribution in [0.2, 0.25) is 0 Å². The van der Waals surface area contributed by atoms with Gasteiger partial charge >= 0.3 is 0 Å². The number of hydrogen-bond acceptors (Lipinski definition) is 1. The van der Waals surface area contributed by atoms with Gasteiger partial charge < -0.3 is 0 Å².